The van der Waals surface area contributed by atoms with Gasteiger partial charge in [0, 0.05) is 11.6 Å². The second-order valence-electron chi connectivity index (χ2n) is 7.54. The van der Waals surface area contributed by atoms with E-state index in [1.54, 1.807) is 30.5 Å². The SMILES string of the molecule is CC1(C)OC(CCOS)[C@H]2C(=O)N(c3ccc(C#N)c4ncccc34)C(=O)[C@H]21. The van der Waals surface area contributed by atoms with Crippen LogP contribution in [0, 0.1) is 23.2 Å². The zero-order valence-corrected chi connectivity index (χ0v) is 16.3. The third kappa shape index (κ3) is 2.70. The molecule has 1 aromatic carbocycles. The van der Waals surface area contributed by atoms with Crippen LogP contribution in [0.5, 0.6) is 0 Å². The number of thiol groups is 1. The highest BCUT2D eigenvalue weighted by atomic mass is 32.1. The fourth-order valence-electron chi connectivity index (χ4n) is 4.42. The summed E-state index contributed by atoms with van der Waals surface area (Å²) >= 11 is 3.76. The molecule has 2 amide bonds. The summed E-state index contributed by atoms with van der Waals surface area (Å²) in [6.45, 7) is 3.98. The van der Waals surface area contributed by atoms with E-state index < -0.39 is 23.5 Å². The van der Waals surface area contributed by atoms with Crippen molar-refractivity contribution in [3.05, 3.63) is 36.0 Å². The number of carbonyl (C=O) groups is 2. The first kappa shape index (κ1) is 18.9. The van der Waals surface area contributed by atoms with Crippen molar-refractivity contribution < 1.29 is 18.5 Å². The van der Waals surface area contributed by atoms with E-state index in [-0.39, 0.29) is 11.8 Å². The molecular weight excluding hydrogens is 378 g/mol. The molecule has 0 N–H and O–H groups in total. The fourth-order valence-corrected chi connectivity index (χ4v) is 4.53. The van der Waals surface area contributed by atoms with Crippen LogP contribution in [0.2, 0.25) is 0 Å². The van der Waals surface area contributed by atoms with Crippen molar-refractivity contribution in [1.82, 2.24) is 4.98 Å². The third-order valence-corrected chi connectivity index (χ3v) is 5.74. The van der Waals surface area contributed by atoms with E-state index in [0.29, 0.717) is 35.2 Å². The van der Waals surface area contributed by atoms with Crippen LogP contribution in [0.1, 0.15) is 25.8 Å². The van der Waals surface area contributed by atoms with Crippen LogP contribution >= 0.6 is 12.9 Å². The van der Waals surface area contributed by atoms with Crippen LogP contribution < -0.4 is 4.90 Å². The Hall–Kier alpha value is -2.47. The van der Waals surface area contributed by atoms with Crippen LogP contribution in [0.4, 0.5) is 5.69 Å². The molecule has 0 radical (unpaired) electrons. The summed E-state index contributed by atoms with van der Waals surface area (Å²) in [5, 5.41) is 9.94. The number of nitrogens with zero attached hydrogens (tertiary/aromatic N) is 3. The molecule has 0 saturated carbocycles. The van der Waals surface area contributed by atoms with Crippen LogP contribution in [0.15, 0.2) is 30.5 Å². The van der Waals surface area contributed by atoms with Crippen molar-refractivity contribution in [2.24, 2.45) is 11.8 Å². The standard InChI is InChI=1S/C20H19N3O4S/c1-20(2)16-15(14(27-20)7-9-26-28)18(24)23(19(16)25)13-6-5-11(10-21)17-12(13)4-3-8-22-17/h3-6,8,14-16,28H,7,9H2,1-2H3/t14?,15-,16+/m1/s1. The molecule has 4 rings (SSSR count). The molecule has 0 bridgehead atoms. The zero-order chi connectivity index (χ0) is 20.1. The number of hydrogen-bond acceptors (Lipinski definition) is 7. The number of pyridine rings is 1. The predicted octanol–water partition coefficient (Wildman–Crippen LogP) is 2.64. The number of benzene rings is 1. The number of amides is 2. The number of aromatic nitrogens is 1. The average molecular weight is 397 g/mol. The number of ether oxygens (including phenoxy) is 1. The molecule has 3 atom stereocenters. The maximum Gasteiger partial charge on any atom is 0.240 e. The van der Waals surface area contributed by atoms with E-state index in [9.17, 15) is 14.9 Å². The van der Waals surface area contributed by atoms with Gasteiger partial charge in [-0.2, -0.15) is 5.26 Å². The molecule has 1 unspecified atom stereocenters. The Morgan fingerprint density at radius 1 is 1.32 bits per heavy atom. The van der Waals surface area contributed by atoms with Gasteiger partial charge in [-0.25, -0.2) is 4.90 Å². The lowest BCUT2D eigenvalue weighted by Crippen LogP contribution is -2.39. The van der Waals surface area contributed by atoms with Crippen LogP contribution in [-0.4, -0.2) is 35.1 Å². The maximum absolute atomic E-state index is 13.3. The second-order valence-corrected chi connectivity index (χ2v) is 7.80. The van der Waals surface area contributed by atoms with Gasteiger partial charge in [-0.15, -0.1) is 0 Å². The van der Waals surface area contributed by atoms with E-state index in [2.05, 4.69) is 24.0 Å². The molecule has 28 heavy (non-hydrogen) atoms. The topological polar surface area (TPSA) is 92.5 Å². The highest BCUT2D eigenvalue weighted by Crippen LogP contribution is 2.49. The van der Waals surface area contributed by atoms with E-state index >= 15 is 0 Å². The summed E-state index contributed by atoms with van der Waals surface area (Å²) in [7, 11) is 0. The lowest BCUT2D eigenvalue weighted by molar-refractivity contribution is -0.129. The number of hydrogen-bond donors (Lipinski definition) is 1. The number of nitriles is 1. The first-order valence-corrected chi connectivity index (χ1v) is 9.37. The molecule has 0 spiro atoms. The smallest absolute Gasteiger partial charge is 0.240 e. The molecule has 1 aromatic heterocycles. The highest BCUT2D eigenvalue weighted by Gasteiger charge is 2.63. The Balaban J connectivity index is 1.81. The van der Waals surface area contributed by atoms with Gasteiger partial charge in [0.25, 0.3) is 0 Å². The molecular formula is C20H19N3O4S. The van der Waals surface area contributed by atoms with Gasteiger partial charge >= 0.3 is 0 Å². The van der Waals surface area contributed by atoms with Gasteiger partial charge < -0.3 is 8.92 Å². The van der Waals surface area contributed by atoms with E-state index in [4.69, 9.17) is 8.92 Å². The molecule has 3 heterocycles. The first-order valence-electron chi connectivity index (χ1n) is 9.00. The van der Waals surface area contributed by atoms with Gasteiger partial charge in [0.1, 0.15) is 6.07 Å². The van der Waals surface area contributed by atoms with Crippen LogP contribution in [-0.2, 0) is 18.5 Å². The number of imide groups is 1. The Kier molecular flexibility index (Phi) is 4.62. The normalized spacial score (nSPS) is 25.9. The first-order chi connectivity index (χ1) is 13.4. The summed E-state index contributed by atoms with van der Waals surface area (Å²) in [5.74, 6) is -1.73. The minimum absolute atomic E-state index is 0.288. The monoisotopic (exact) mass is 397 g/mol. The molecule has 8 heteroatoms. The molecule has 2 fully saturated rings. The largest absolute Gasteiger partial charge is 0.371 e. The quantitative estimate of drug-likeness (QED) is 0.484. The molecule has 144 valence electrons. The molecule has 2 saturated heterocycles. The summed E-state index contributed by atoms with van der Waals surface area (Å²) in [6.07, 6.45) is 1.63. The van der Waals surface area contributed by atoms with Crippen molar-refractivity contribution in [1.29, 1.82) is 5.26 Å². The lowest BCUT2D eigenvalue weighted by atomic mass is 9.82. The van der Waals surface area contributed by atoms with Gasteiger partial charge in [0.15, 0.2) is 0 Å². The number of anilines is 1. The fraction of sp³-hybridized carbons (Fsp3) is 0.400. The molecule has 0 aliphatic carbocycles. The average Bonchev–Trinajstić information content (AvgIpc) is 3.11. The van der Waals surface area contributed by atoms with Crippen molar-refractivity contribution in [3.63, 3.8) is 0 Å². The van der Waals surface area contributed by atoms with E-state index in [0.717, 1.165) is 0 Å². The summed E-state index contributed by atoms with van der Waals surface area (Å²) in [5.41, 5.74) is 0.543. The highest BCUT2D eigenvalue weighted by molar-refractivity contribution is 7.75. The molecule has 2 aromatic rings. The van der Waals surface area contributed by atoms with Crippen LogP contribution in [0.3, 0.4) is 0 Å². The second kappa shape index (κ2) is 6.85. The van der Waals surface area contributed by atoms with Crippen molar-refractivity contribution in [2.75, 3.05) is 11.5 Å². The maximum atomic E-state index is 13.3. The van der Waals surface area contributed by atoms with E-state index in [1.165, 1.54) is 4.90 Å². The lowest BCUT2D eigenvalue weighted by Gasteiger charge is -2.26. The predicted molar refractivity (Wildman–Crippen MR) is 104 cm³/mol. The van der Waals surface area contributed by atoms with Crippen molar-refractivity contribution in [3.8, 4) is 6.07 Å². The zero-order valence-electron chi connectivity index (χ0n) is 15.5. The minimum atomic E-state index is -0.770. The number of rotatable bonds is 4. The molecule has 2 aliphatic rings. The Labute approximate surface area is 167 Å². The molecule has 2 aliphatic heterocycles. The van der Waals surface area contributed by atoms with Crippen molar-refractivity contribution in [2.45, 2.75) is 32.0 Å². The van der Waals surface area contributed by atoms with Crippen LogP contribution in [0.25, 0.3) is 10.9 Å². The number of carbonyl (C=O) groups excluding carboxylic acids is 2. The van der Waals surface area contributed by atoms with Gasteiger partial charge in [0.05, 0.1) is 46.9 Å². The van der Waals surface area contributed by atoms with Gasteiger partial charge in [0.2, 0.25) is 11.8 Å². The van der Waals surface area contributed by atoms with Crippen molar-refractivity contribution >= 4 is 41.3 Å². The third-order valence-electron chi connectivity index (χ3n) is 5.56. The Bertz CT molecular complexity index is 1020. The number of fused-ring (bicyclic) bond motifs is 2. The molecule has 7 nitrogen and oxygen atoms in total. The van der Waals surface area contributed by atoms with Gasteiger partial charge in [-0.05, 0) is 57.4 Å². The van der Waals surface area contributed by atoms with Gasteiger partial charge in [-0.1, -0.05) is 0 Å². The minimum Gasteiger partial charge on any atom is -0.371 e. The Morgan fingerprint density at radius 2 is 2.11 bits per heavy atom. The summed E-state index contributed by atoms with van der Waals surface area (Å²) in [6, 6.07) is 8.82. The van der Waals surface area contributed by atoms with Gasteiger partial charge in [-0.3, -0.25) is 14.6 Å². The summed E-state index contributed by atoms with van der Waals surface area (Å²) in [4.78, 5) is 32.2. The van der Waals surface area contributed by atoms with E-state index in [1.807, 2.05) is 13.8 Å². The summed E-state index contributed by atoms with van der Waals surface area (Å²) < 4.78 is 10.9. The Morgan fingerprint density at radius 3 is 2.82 bits per heavy atom.